The highest BCUT2D eigenvalue weighted by Crippen LogP contribution is 2.17. The lowest BCUT2D eigenvalue weighted by molar-refractivity contribution is -0.140. The fourth-order valence-electron chi connectivity index (χ4n) is 3.63. The lowest BCUT2D eigenvalue weighted by Crippen LogP contribution is -2.51. The molecule has 152 valence electrons. The fraction of sp³-hybridized carbons (Fsp3) is 0.550. The number of thiocarbonyl (C=S) groups is 1. The van der Waals surface area contributed by atoms with Gasteiger partial charge in [0, 0.05) is 25.3 Å². The molecule has 0 unspecified atom stereocenters. The lowest BCUT2D eigenvalue weighted by Gasteiger charge is -2.27. The van der Waals surface area contributed by atoms with E-state index in [1.54, 1.807) is 12.0 Å². The third-order valence-corrected chi connectivity index (χ3v) is 5.44. The van der Waals surface area contributed by atoms with E-state index < -0.39 is 6.04 Å². The van der Waals surface area contributed by atoms with Gasteiger partial charge in [-0.1, -0.05) is 0 Å². The normalized spacial score (nSPS) is 19.9. The van der Waals surface area contributed by atoms with Gasteiger partial charge in [0.25, 0.3) is 0 Å². The van der Waals surface area contributed by atoms with Gasteiger partial charge >= 0.3 is 0 Å². The molecule has 3 rings (SSSR count). The molecule has 2 saturated heterocycles. The Bertz CT molecular complexity index is 704. The minimum atomic E-state index is -0.410. The van der Waals surface area contributed by atoms with Gasteiger partial charge in [-0.3, -0.25) is 9.59 Å². The molecule has 2 heterocycles. The van der Waals surface area contributed by atoms with Crippen LogP contribution in [0.5, 0.6) is 5.75 Å². The molecule has 2 aliphatic heterocycles. The number of amides is 2. The maximum Gasteiger partial charge on any atom is 0.245 e. The number of rotatable bonds is 5. The Balaban J connectivity index is 1.56. The zero-order chi connectivity index (χ0) is 19.9. The third-order valence-electron chi connectivity index (χ3n) is 5.22. The Labute approximate surface area is 171 Å². The van der Waals surface area contributed by atoms with Crippen molar-refractivity contribution >= 4 is 34.8 Å². The van der Waals surface area contributed by atoms with Crippen molar-refractivity contribution in [2.24, 2.45) is 0 Å². The van der Waals surface area contributed by atoms with Crippen LogP contribution >= 0.6 is 12.2 Å². The van der Waals surface area contributed by atoms with Crippen molar-refractivity contribution in [3.05, 3.63) is 24.3 Å². The van der Waals surface area contributed by atoms with E-state index in [1.165, 1.54) is 0 Å². The number of likely N-dealkylation sites (tertiary alicyclic amines) is 2. The monoisotopic (exact) mass is 404 g/mol. The fourth-order valence-corrected chi connectivity index (χ4v) is 3.89. The molecule has 2 amide bonds. The first-order valence-electron chi connectivity index (χ1n) is 9.85. The standard InChI is InChI=1S/C20H28N4O3S/c1-27-16-9-7-15(8-10-16)21-20(28)22-17-6-2-3-13-24(19(17)26)14-18(25)23-11-4-5-12-23/h7-10,17H,2-6,11-14H2,1H3,(H2,21,22,28)/t17-/m0/s1. The zero-order valence-electron chi connectivity index (χ0n) is 16.3. The van der Waals surface area contributed by atoms with Crippen LogP contribution in [0.1, 0.15) is 32.1 Å². The topological polar surface area (TPSA) is 73.9 Å². The maximum atomic E-state index is 13.0. The summed E-state index contributed by atoms with van der Waals surface area (Å²) in [6.07, 6.45) is 4.63. The molecular weight excluding hydrogens is 376 g/mol. The predicted octanol–water partition coefficient (Wildman–Crippen LogP) is 1.99. The van der Waals surface area contributed by atoms with E-state index in [9.17, 15) is 9.59 Å². The molecule has 7 nitrogen and oxygen atoms in total. The van der Waals surface area contributed by atoms with E-state index in [-0.39, 0.29) is 18.4 Å². The van der Waals surface area contributed by atoms with E-state index in [1.807, 2.05) is 29.2 Å². The van der Waals surface area contributed by atoms with Crippen LogP contribution in [-0.4, -0.2) is 66.1 Å². The first kappa shape index (κ1) is 20.4. The molecule has 1 atom stereocenters. The molecule has 0 aromatic heterocycles. The summed E-state index contributed by atoms with van der Waals surface area (Å²) in [5.41, 5.74) is 0.820. The molecule has 2 N–H and O–H groups in total. The Hall–Kier alpha value is -2.35. The zero-order valence-corrected chi connectivity index (χ0v) is 17.1. The van der Waals surface area contributed by atoms with Crippen LogP contribution in [0.2, 0.25) is 0 Å². The van der Waals surface area contributed by atoms with E-state index in [2.05, 4.69) is 10.6 Å². The SMILES string of the molecule is COc1ccc(NC(=S)N[C@H]2CCCCN(CC(=O)N3CCCC3)C2=O)cc1. The summed E-state index contributed by atoms with van der Waals surface area (Å²) in [6.45, 7) is 2.39. The van der Waals surface area contributed by atoms with Gasteiger partial charge in [0.15, 0.2) is 5.11 Å². The van der Waals surface area contributed by atoms with E-state index in [4.69, 9.17) is 17.0 Å². The van der Waals surface area contributed by atoms with Crippen LogP contribution in [0.4, 0.5) is 5.69 Å². The molecule has 2 aliphatic rings. The van der Waals surface area contributed by atoms with Crippen LogP contribution < -0.4 is 15.4 Å². The minimum absolute atomic E-state index is 0.0467. The van der Waals surface area contributed by atoms with Crippen LogP contribution in [0, 0.1) is 0 Å². The second-order valence-electron chi connectivity index (χ2n) is 7.22. The number of carbonyl (C=O) groups excluding carboxylic acids is 2. The van der Waals surface area contributed by atoms with Crippen LogP contribution in [0.25, 0.3) is 0 Å². The van der Waals surface area contributed by atoms with Gasteiger partial charge in [0.05, 0.1) is 13.7 Å². The molecular formula is C20H28N4O3S. The second kappa shape index (κ2) is 9.73. The summed E-state index contributed by atoms with van der Waals surface area (Å²) in [4.78, 5) is 29.0. The summed E-state index contributed by atoms with van der Waals surface area (Å²) < 4.78 is 5.15. The Morgan fingerprint density at radius 1 is 1.14 bits per heavy atom. The van der Waals surface area contributed by atoms with Gasteiger partial charge in [-0.25, -0.2) is 0 Å². The summed E-state index contributed by atoms with van der Waals surface area (Å²) in [5, 5.41) is 6.63. The van der Waals surface area contributed by atoms with Crippen LogP contribution in [0.15, 0.2) is 24.3 Å². The second-order valence-corrected chi connectivity index (χ2v) is 7.63. The summed E-state index contributed by atoms with van der Waals surface area (Å²) >= 11 is 5.39. The molecule has 0 radical (unpaired) electrons. The van der Waals surface area contributed by atoms with E-state index in [0.717, 1.165) is 50.2 Å². The third kappa shape index (κ3) is 5.34. The number of ether oxygens (including phenoxy) is 1. The van der Waals surface area contributed by atoms with Crippen molar-refractivity contribution in [2.45, 2.75) is 38.1 Å². The number of anilines is 1. The molecule has 0 bridgehead atoms. The largest absolute Gasteiger partial charge is 0.497 e. The quantitative estimate of drug-likeness (QED) is 0.731. The number of hydrogen-bond acceptors (Lipinski definition) is 4. The first-order chi connectivity index (χ1) is 13.6. The molecule has 0 spiro atoms. The van der Waals surface area contributed by atoms with Crippen LogP contribution in [0.3, 0.4) is 0 Å². The Morgan fingerprint density at radius 3 is 2.50 bits per heavy atom. The van der Waals surface area contributed by atoms with Crippen molar-refractivity contribution in [3.8, 4) is 5.75 Å². The molecule has 0 aliphatic carbocycles. The average Bonchev–Trinajstić information content (AvgIpc) is 3.19. The van der Waals surface area contributed by atoms with Gasteiger partial charge < -0.3 is 25.2 Å². The van der Waals surface area contributed by atoms with Gasteiger partial charge in [0.2, 0.25) is 11.8 Å². The molecule has 2 fully saturated rings. The van der Waals surface area contributed by atoms with Gasteiger partial charge in [-0.05, 0) is 68.6 Å². The number of benzene rings is 1. The van der Waals surface area contributed by atoms with Gasteiger partial charge in [-0.15, -0.1) is 0 Å². The number of carbonyl (C=O) groups is 2. The maximum absolute atomic E-state index is 13.0. The Kier molecular flexibility index (Phi) is 7.08. The summed E-state index contributed by atoms with van der Waals surface area (Å²) in [7, 11) is 1.62. The van der Waals surface area contributed by atoms with E-state index >= 15 is 0 Å². The van der Waals surface area contributed by atoms with Crippen molar-refractivity contribution < 1.29 is 14.3 Å². The number of nitrogens with one attached hydrogen (secondary N) is 2. The lowest BCUT2D eigenvalue weighted by atomic mass is 10.1. The summed E-state index contributed by atoms with van der Waals surface area (Å²) in [6, 6.07) is 7.00. The highest BCUT2D eigenvalue weighted by Gasteiger charge is 2.30. The van der Waals surface area contributed by atoms with E-state index in [0.29, 0.717) is 18.1 Å². The highest BCUT2D eigenvalue weighted by molar-refractivity contribution is 7.80. The van der Waals surface area contributed by atoms with Crippen molar-refractivity contribution in [2.75, 3.05) is 38.6 Å². The molecule has 1 aromatic rings. The van der Waals surface area contributed by atoms with Gasteiger partial charge in [0.1, 0.15) is 11.8 Å². The molecule has 8 heteroatoms. The minimum Gasteiger partial charge on any atom is -0.497 e. The predicted molar refractivity (Wildman–Crippen MR) is 112 cm³/mol. The van der Waals surface area contributed by atoms with Crippen molar-refractivity contribution in [1.82, 2.24) is 15.1 Å². The highest BCUT2D eigenvalue weighted by atomic mass is 32.1. The summed E-state index contributed by atoms with van der Waals surface area (Å²) in [5.74, 6) is 0.760. The number of nitrogens with zero attached hydrogens (tertiary/aromatic N) is 2. The van der Waals surface area contributed by atoms with Crippen LogP contribution in [-0.2, 0) is 9.59 Å². The average molecular weight is 405 g/mol. The Morgan fingerprint density at radius 2 is 1.82 bits per heavy atom. The smallest absolute Gasteiger partial charge is 0.245 e. The van der Waals surface area contributed by atoms with Crippen molar-refractivity contribution in [3.63, 3.8) is 0 Å². The van der Waals surface area contributed by atoms with Gasteiger partial charge in [-0.2, -0.15) is 0 Å². The number of methoxy groups -OCH3 is 1. The molecule has 0 saturated carbocycles. The number of hydrogen-bond donors (Lipinski definition) is 2. The molecule has 1 aromatic carbocycles. The van der Waals surface area contributed by atoms with Crippen molar-refractivity contribution in [1.29, 1.82) is 0 Å². The first-order valence-corrected chi connectivity index (χ1v) is 10.3. The molecule has 28 heavy (non-hydrogen) atoms.